The second-order valence-electron chi connectivity index (χ2n) is 5.78. The number of nitrogens with zero attached hydrogens (tertiary/aromatic N) is 1. The molecule has 1 aliphatic rings. The summed E-state index contributed by atoms with van der Waals surface area (Å²) in [5, 5.41) is 9.34. The second kappa shape index (κ2) is 5.83. The maximum Gasteiger partial charge on any atom is 0.310 e. The van der Waals surface area contributed by atoms with Gasteiger partial charge in [0.2, 0.25) is 0 Å². The maximum atomic E-state index is 11.4. The fraction of sp³-hybridized carbons (Fsp3) is 0.562. The number of likely N-dealkylation sites (tertiary alicyclic amines) is 1. The van der Waals surface area contributed by atoms with Gasteiger partial charge in [-0.25, -0.2) is 0 Å². The molecule has 0 saturated carbocycles. The van der Waals surface area contributed by atoms with E-state index in [1.807, 2.05) is 19.1 Å². The number of hydrogen-bond acceptors (Lipinski definition) is 3. The summed E-state index contributed by atoms with van der Waals surface area (Å²) in [7, 11) is 1.66. The van der Waals surface area contributed by atoms with Crippen molar-refractivity contribution in [3.8, 4) is 5.75 Å². The van der Waals surface area contributed by atoms with E-state index in [1.54, 1.807) is 7.11 Å². The molecule has 0 bridgehead atoms. The summed E-state index contributed by atoms with van der Waals surface area (Å²) in [4.78, 5) is 13.6. The van der Waals surface area contributed by atoms with Crippen LogP contribution in [-0.4, -0.2) is 36.2 Å². The number of benzene rings is 1. The molecule has 1 aromatic carbocycles. The number of methoxy groups -OCH3 is 1. The van der Waals surface area contributed by atoms with Gasteiger partial charge in [0.05, 0.1) is 12.5 Å². The number of aliphatic carboxylic acids is 1. The van der Waals surface area contributed by atoms with Crippen molar-refractivity contribution in [1.82, 2.24) is 4.90 Å². The van der Waals surface area contributed by atoms with Crippen LogP contribution in [0.1, 0.15) is 38.3 Å². The van der Waals surface area contributed by atoms with E-state index in [9.17, 15) is 9.90 Å². The maximum absolute atomic E-state index is 11.4. The minimum atomic E-state index is -0.690. The molecule has 110 valence electrons. The number of carboxylic acid groups (broad SMARTS) is 1. The molecule has 0 aromatic heterocycles. The Morgan fingerprint density at radius 3 is 2.55 bits per heavy atom. The number of rotatable bonds is 5. The summed E-state index contributed by atoms with van der Waals surface area (Å²) in [6, 6.07) is 8.35. The summed E-state index contributed by atoms with van der Waals surface area (Å²) in [5.41, 5.74) is 0.614. The van der Waals surface area contributed by atoms with Crippen LogP contribution in [0.15, 0.2) is 24.3 Å². The zero-order valence-corrected chi connectivity index (χ0v) is 12.4. The Morgan fingerprint density at radius 2 is 2.10 bits per heavy atom. The van der Waals surface area contributed by atoms with Gasteiger partial charge in [-0.15, -0.1) is 0 Å². The van der Waals surface area contributed by atoms with Crippen LogP contribution in [0.25, 0.3) is 0 Å². The molecule has 2 unspecified atom stereocenters. The van der Waals surface area contributed by atoms with Gasteiger partial charge in [-0.05, 0) is 44.0 Å². The molecular weight excluding hydrogens is 254 g/mol. The third kappa shape index (κ3) is 2.80. The predicted molar refractivity (Wildman–Crippen MR) is 78.0 cm³/mol. The van der Waals surface area contributed by atoms with Crippen LogP contribution in [0.4, 0.5) is 0 Å². The molecule has 1 aliphatic heterocycles. The number of carboxylic acids is 1. The number of hydrogen-bond donors (Lipinski definition) is 1. The van der Waals surface area contributed by atoms with Crippen molar-refractivity contribution < 1.29 is 14.6 Å². The van der Waals surface area contributed by atoms with E-state index in [2.05, 4.69) is 24.0 Å². The highest BCUT2D eigenvalue weighted by Crippen LogP contribution is 2.37. The van der Waals surface area contributed by atoms with Gasteiger partial charge in [-0.2, -0.15) is 0 Å². The Kier molecular flexibility index (Phi) is 4.33. The van der Waals surface area contributed by atoms with Crippen molar-refractivity contribution in [2.24, 2.45) is 5.41 Å². The lowest BCUT2D eigenvalue weighted by Gasteiger charge is -2.28. The van der Waals surface area contributed by atoms with Gasteiger partial charge in [0, 0.05) is 12.6 Å². The first-order valence-corrected chi connectivity index (χ1v) is 7.11. The van der Waals surface area contributed by atoms with Crippen molar-refractivity contribution >= 4 is 5.97 Å². The van der Waals surface area contributed by atoms with Crippen molar-refractivity contribution in [1.29, 1.82) is 0 Å². The monoisotopic (exact) mass is 277 g/mol. The SMILES string of the molecule is CCC(c1ccc(OC)cc1)N1CCC(C)(C(=O)O)C1. The molecule has 1 aromatic rings. The summed E-state index contributed by atoms with van der Waals surface area (Å²) >= 11 is 0. The molecule has 1 saturated heterocycles. The zero-order valence-electron chi connectivity index (χ0n) is 12.4. The molecule has 0 amide bonds. The van der Waals surface area contributed by atoms with Gasteiger partial charge >= 0.3 is 5.97 Å². The first kappa shape index (κ1) is 14.9. The van der Waals surface area contributed by atoms with Crippen molar-refractivity contribution in [2.45, 2.75) is 32.7 Å². The highest BCUT2D eigenvalue weighted by Gasteiger charge is 2.42. The summed E-state index contributed by atoms with van der Waals surface area (Å²) < 4.78 is 5.18. The second-order valence-corrected chi connectivity index (χ2v) is 5.78. The van der Waals surface area contributed by atoms with E-state index in [1.165, 1.54) is 5.56 Å². The van der Waals surface area contributed by atoms with Crippen LogP contribution in [-0.2, 0) is 4.79 Å². The molecule has 4 heteroatoms. The molecule has 2 rings (SSSR count). The van der Waals surface area contributed by atoms with Gasteiger partial charge < -0.3 is 9.84 Å². The normalized spacial score (nSPS) is 24.6. The first-order chi connectivity index (χ1) is 9.50. The Balaban J connectivity index is 2.14. The average Bonchev–Trinajstić information content (AvgIpc) is 2.84. The highest BCUT2D eigenvalue weighted by atomic mass is 16.5. The van der Waals surface area contributed by atoms with E-state index < -0.39 is 11.4 Å². The Hall–Kier alpha value is -1.55. The van der Waals surface area contributed by atoms with Crippen LogP contribution in [0.3, 0.4) is 0 Å². The number of carbonyl (C=O) groups is 1. The largest absolute Gasteiger partial charge is 0.497 e. The van der Waals surface area contributed by atoms with Gasteiger partial charge in [-0.3, -0.25) is 9.69 Å². The standard InChI is InChI=1S/C16H23NO3/c1-4-14(12-5-7-13(20-3)8-6-12)17-10-9-16(2,11-17)15(18)19/h5-8,14H,4,9-11H2,1-3H3,(H,18,19). The molecule has 1 N–H and O–H groups in total. The Morgan fingerprint density at radius 1 is 1.45 bits per heavy atom. The fourth-order valence-electron chi connectivity index (χ4n) is 2.97. The molecule has 1 heterocycles. The molecule has 2 atom stereocenters. The van der Waals surface area contributed by atoms with E-state index in [0.29, 0.717) is 6.54 Å². The van der Waals surface area contributed by atoms with Gasteiger partial charge in [0.15, 0.2) is 0 Å². The zero-order chi connectivity index (χ0) is 14.8. The van der Waals surface area contributed by atoms with Gasteiger partial charge in [0.1, 0.15) is 5.75 Å². The highest BCUT2D eigenvalue weighted by molar-refractivity contribution is 5.74. The van der Waals surface area contributed by atoms with Gasteiger partial charge in [0.25, 0.3) is 0 Å². The summed E-state index contributed by atoms with van der Waals surface area (Å²) in [5.74, 6) is 0.157. The lowest BCUT2D eigenvalue weighted by molar-refractivity contribution is -0.147. The van der Waals surface area contributed by atoms with Crippen LogP contribution in [0, 0.1) is 5.41 Å². The van der Waals surface area contributed by atoms with E-state index >= 15 is 0 Å². The first-order valence-electron chi connectivity index (χ1n) is 7.11. The summed E-state index contributed by atoms with van der Waals surface area (Å²) in [6.07, 6.45) is 1.69. The third-order valence-corrected chi connectivity index (χ3v) is 4.35. The molecular formula is C16H23NO3. The number of ether oxygens (including phenoxy) is 1. The van der Waals surface area contributed by atoms with Crippen LogP contribution in [0.2, 0.25) is 0 Å². The molecule has 4 nitrogen and oxygen atoms in total. The lowest BCUT2D eigenvalue weighted by atomic mass is 9.90. The quantitative estimate of drug-likeness (QED) is 0.899. The summed E-state index contributed by atoms with van der Waals surface area (Å²) in [6.45, 7) is 5.45. The molecule has 20 heavy (non-hydrogen) atoms. The predicted octanol–water partition coefficient (Wildman–Crippen LogP) is 2.94. The molecule has 0 radical (unpaired) electrons. The average molecular weight is 277 g/mol. The molecule has 1 fully saturated rings. The van der Waals surface area contributed by atoms with Crippen molar-refractivity contribution in [2.75, 3.05) is 20.2 Å². The van der Waals surface area contributed by atoms with Crippen LogP contribution < -0.4 is 4.74 Å². The fourth-order valence-corrected chi connectivity index (χ4v) is 2.97. The van der Waals surface area contributed by atoms with E-state index in [4.69, 9.17) is 4.74 Å². The molecule has 0 aliphatic carbocycles. The minimum Gasteiger partial charge on any atom is -0.497 e. The Labute approximate surface area is 120 Å². The molecule has 0 spiro atoms. The third-order valence-electron chi connectivity index (χ3n) is 4.35. The topological polar surface area (TPSA) is 49.8 Å². The van der Waals surface area contributed by atoms with Crippen molar-refractivity contribution in [3.05, 3.63) is 29.8 Å². The van der Waals surface area contributed by atoms with Crippen molar-refractivity contribution in [3.63, 3.8) is 0 Å². The Bertz CT molecular complexity index is 471. The van der Waals surface area contributed by atoms with Crippen LogP contribution in [0.5, 0.6) is 5.75 Å². The van der Waals surface area contributed by atoms with E-state index in [0.717, 1.165) is 25.1 Å². The van der Waals surface area contributed by atoms with Gasteiger partial charge in [-0.1, -0.05) is 19.1 Å². The minimum absolute atomic E-state index is 0.280. The van der Waals surface area contributed by atoms with Crippen LogP contribution >= 0.6 is 0 Å². The lowest BCUT2D eigenvalue weighted by Crippen LogP contribution is -2.33. The smallest absolute Gasteiger partial charge is 0.310 e. The van der Waals surface area contributed by atoms with E-state index in [-0.39, 0.29) is 6.04 Å².